The van der Waals surface area contributed by atoms with Crippen molar-refractivity contribution >= 4 is 22.6 Å². The van der Waals surface area contributed by atoms with Crippen LogP contribution in [0.3, 0.4) is 0 Å². The zero-order chi connectivity index (χ0) is 21.2. The number of nitrogens with one attached hydrogen (secondary N) is 1. The Hall–Kier alpha value is -2.90. The van der Waals surface area contributed by atoms with Crippen molar-refractivity contribution in [1.82, 2.24) is 10.4 Å². The summed E-state index contributed by atoms with van der Waals surface area (Å²) in [5.41, 5.74) is 1.56. The van der Waals surface area contributed by atoms with Crippen molar-refractivity contribution in [1.29, 1.82) is 0 Å². The molecule has 0 saturated carbocycles. The van der Waals surface area contributed by atoms with E-state index in [-0.39, 0.29) is 11.8 Å². The molecule has 1 atom stereocenters. The first-order valence-electron chi connectivity index (χ1n) is 10.3. The third kappa shape index (κ3) is 6.05. The van der Waals surface area contributed by atoms with Gasteiger partial charge in [0, 0.05) is 24.6 Å². The topological polar surface area (TPSA) is 88.1 Å². The first kappa shape index (κ1) is 21.8. The van der Waals surface area contributed by atoms with Gasteiger partial charge in [0.2, 0.25) is 5.91 Å². The highest BCUT2D eigenvalue weighted by atomic mass is 16.5. The molecular weight excluding hydrogens is 384 g/mol. The molecule has 1 saturated heterocycles. The molecule has 1 heterocycles. The van der Waals surface area contributed by atoms with Crippen LogP contribution >= 0.6 is 0 Å². The van der Waals surface area contributed by atoms with E-state index in [4.69, 9.17) is 14.7 Å². The van der Waals surface area contributed by atoms with Crippen LogP contribution in [0.4, 0.5) is 0 Å². The van der Waals surface area contributed by atoms with Crippen LogP contribution < -0.4 is 10.2 Å². The molecule has 1 aliphatic heterocycles. The maximum atomic E-state index is 13.1. The van der Waals surface area contributed by atoms with Crippen LogP contribution in [0, 0.1) is 5.92 Å². The number of hydrogen-bond acceptors (Lipinski definition) is 5. The quantitative estimate of drug-likeness (QED) is 0.286. The number of amides is 2. The van der Waals surface area contributed by atoms with E-state index in [0.717, 1.165) is 22.9 Å². The van der Waals surface area contributed by atoms with E-state index in [1.54, 1.807) is 11.6 Å². The maximum Gasteiger partial charge on any atom is 0.267 e. The van der Waals surface area contributed by atoms with E-state index in [2.05, 4.69) is 0 Å². The fourth-order valence-corrected chi connectivity index (χ4v) is 3.54. The zero-order valence-corrected chi connectivity index (χ0v) is 17.0. The predicted molar refractivity (Wildman–Crippen MR) is 113 cm³/mol. The molecule has 1 aliphatic rings. The van der Waals surface area contributed by atoms with E-state index in [1.165, 1.54) is 6.08 Å². The van der Waals surface area contributed by atoms with Gasteiger partial charge in [-0.1, -0.05) is 42.5 Å². The molecule has 2 N–H and O–H groups in total. The van der Waals surface area contributed by atoms with Crippen molar-refractivity contribution in [2.75, 3.05) is 32.9 Å². The van der Waals surface area contributed by atoms with Gasteiger partial charge < -0.3 is 14.4 Å². The van der Waals surface area contributed by atoms with Gasteiger partial charge in [-0.2, -0.15) is 0 Å². The van der Waals surface area contributed by atoms with Crippen LogP contribution in [0.2, 0.25) is 0 Å². The van der Waals surface area contributed by atoms with Gasteiger partial charge in [-0.25, -0.2) is 5.48 Å². The molecule has 2 aromatic carbocycles. The first-order chi connectivity index (χ1) is 14.7. The van der Waals surface area contributed by atoms with Crippen molar-refractivity contribution < 1.29 is 24.3 Å². The highest BCUT2D eigenvalue weighted by molar-refractivity contribution is 5.88. The van der Waals surface area contributed by atoms with E-state index in [1.807, 2.05) is 47.4 Å². The summed E-state index contributed by atoms with van der Waals surface area (Å²) in [7, 11) is 0. The average Bonchev–Trinajstić information content (AvgIpc) is 2.80. The Labute approximate surface area is 176 Å². The number of unbranched alkanes of at least 4 members (excludes halogenated alkanes) is 1. The molecule has 0 radical (unpaired) electrons. The highest BCUT2D eigenvalue weighted by Gasteiger charge is 2.26. The number of nitrogens with zero attached hydrogens (tertiary/aromatic N) is 1. The monoisotopic (exact) mass is 412 g/mol. The van der Waals surface area contributed by atoms with Gasteiger partial charge >= 0.3 is 0 Å². The number of ether oxygens (including phenoxy) is 2. The van der Waals surface area contributed by atoms with Crippen molar-refractivity contribution in [2.45, 2.75) is 19.3 Å². The van der Waals surface area contributed by atoms with Gasteiger partial charge in [-0.05, 0) is 30.7 Å². The Morgan fingerprint density at radius 1 is 1.17 bits per heavy atom. The van der Waals surface area contributed by atoms with Crippen LogP contribution in [-0.4, -0.2) is 54.8 Å². The Bertz CT molecular complexity index is 872. The summed E-state index contributed by atoms with van der Waals surface area (Å²) in [5, 5.41) is 10.6. The summed E-state index contributed by atoms with van der Waals surface area (Å²) in [6.07, 6.45) is 4.98. The lowest BCUT2D eigenvalue weighted by Gasteiger charge is -2.30. The van der Waals surface area contributed by atoms with Crippen LogP contribution in [0.15, 0.2) is 54.6 Å². The fraction of sp³-hybridized carbons (Fsp3) is 0.391. The van der Waals surface area contributed by atoms with Crippen LogP contribution in [0.25, 0.3) is 10.8 Å². The second-order valence-electron chi connectivity index (χ2n) is 7.23. The molecule has 30 heavy (non-hydrogen) atoms. The van der Waals surface area contributed by atoms with Gasteiger partial charge in [0.05, 0.1) is 25.7 Å². The lowest BCUT2D eigenvalue weighted by molar-refractivity contribution is -0.141. The van der Waals surface area contributed by atoms with Gasteiger partial charge in [0.15, 0.2) is 0 Å². The molecule has 0 aliphatic carbocycles. The number of carbonyl (C=O) groups excluding carboxylic acids is 2. The van der Waals surface area contributed by atoms with Crippen LogP contribution in [0.1, 0.15) is 19.3 Å². The van der Waals surface area contributed by atoms with Gasteiger partial charge in [0.1, 0.15) is 5.75 Å². The maximum absolute atomic E-state index is 13.1. The van der Waals surface area contributed by atoms with Crippen molar-refractivity contribution in [3.8, 4) is 5.75 Å². The zero-order valence-electron chi connectivity index (χ0n) is 17.0. The summed E-state index contributed by atoms with van der Waals surface area (Å²) in [5.74, 6) is 0.0142. The molecule has 0 aromatic heterocycles. The Morgan fingerprint density at radius 3 is 2.73 bits per heavy atom. The van der Waals surface area contributed by atoms with Crippen molar-refractivity contribution in [2.24, 2.45) is 5.92 Å². The fourth-order valence-electron chi connectivity index (χ4n) is 3.54. The second kappa shape index (κ2) is 11.3. The molecule has 1 fully saturated rings. The molecule has 0 spiro atoms. The minimum Gasteiger partial charge on any atom is -0.492 e. The van der Waals surface area contributed by atoms with E-state index >= 15 is 0 Å². The number of hydrogen-bond donors (Lipinski definition) is 2. The largest absolute Gasteiger partial charge is 0.492 e. The number of hydroxylamine groups is 1. The Morgan fingerprint density at radius 2 is 1.93 bits per heavy atom. The standard InChI is InChI=1S/C23H28N2O5/c26-22(24-28)12-3-1-2-8-19(23(27)25-13-15-29-16-14-25)17-30-21-11-6-9-18-7-4-5-10-20(18)21/h3-7,9-12,19,28H,1-2,8,13-17H2,(H,24,26). The second-order valence-corrected chi connectivity index (χ2v) is 7.23. The van der Waals surface area contributed by atoms with E-state index in [9.17, 15) is 9.59 Å². The first-order valence-corrected chi connectivity index (χ1v) is 10.3. The van der Waals surface area contributed by atoms with Crippen molar-refractivity contribution in [3.63, 3.8) is 0 Å². The third-order valence-corrected chi connectivity index (χ3v) is 5.16. The average molecular weight is 412 g/mol. The molecular formula is C23H28N2O5. The van der Waals surface area contributed by atoms with E-state index < -0.39 is 5.91 Å². The minimum absolute atomic E-state index is 0.0793. The summed E-state index contributed by atoms with van der Waals surface area (Å²) < 4.78 is 11.5. The molecule has 1 unspecified atom stereocenters. The highest BCUT2D eigenvalue weighted by Crippen LogP contribution is 2.26. The predicted octanol–water partition coefficient (Wildman–Crippen LogP) is 2.93. The number of fused-ring (bicyclic) bond motifs is 1. The number of rotatable bonds is 9. The van der Waals surface area contributed by atoms with Gasteiger partial charge in [-0.15, -0.1) is 0 Å². The molecule has 3 rings (SSSR count). The Kier molecular flexibility index (Phi) is 8.23. The summed E-state index contributed by atoms with van der Waals surface area (Å²) >= 11 is 0. The summed E-state index contributed by atoms with van der Waals surface area (Å²) in [4.78, 5) is 26.0. The number of allylic oxidation sites excluding steroid dienone is 1. The molecule has 7 nitrogen and oxygen atoms in total. The van der Waals surface area contributed by atoms with Gasteiger partial charge in [0.25, 0.3) is 5.91 Å². The smallest absolute Gasteiger partial charge is 0.267 e. The third-order valence-electron chi connectivity index (χ3n) is 5.16. The summed E-state index contributed by atoms with van der Waals surface area (Å²) in [6, 6.07) is 13.9. The normalized spacial score (nSPS) is 15.3. The lowest BCUT2D eigenvalue weighted by Crippen LogP contribution is -2.45. The molecule has 2 amide bonds. The number of morpholine rings is 1. The van der Waals surface area contributed by atoms with Crippen LogP contribution in [-0.2, 0) is 14.3 Å². The molecule has 160 valence electrons. The lowest BCUT2D eigenvalue weighted by atomic mass is 10.0. The Balaban J connectivity index is 1.64. The molecule has 0 bridgehead atoms. The number of carbonyl (C=O) groups is 2. The molecule has 7 heteroatoms. The summed E-state index contributed by atoms with van der Waals surface area (Å²) in [6.45, 7) is 2.61. The molecule has 2 aromatic rings. The van der Waals surface area contributed by atoms with Gasteiger partial charge in [-0.3, -0.25) is 14.8 Å². The minimum atomic E-state index is -0.560. The SMILES string of the molecule is O=C(C=CCCCC(COc1cccc2ccccc12)C(=O)N1CCOCC1)NO. The van der Waals surface area contributed by atoms with Crippen LogP contribution in [0.5, 0.6) is 5.75 Å². The van der Waals surface area contributed by atoms with Crippen molar-refractivity contribution in [3.05, 3.63) is 54.6 Å². The van der Waals surface area contributed by atoms with E-state index in [0.29, 0.717) is 45.8 Å². The number of benzene rings is 2.